The lowest BCUT2D eigenvalue weighted by Gasteiger charge is -2.38. The van der Waals surface area contributed by atoms with E-state index >= 15 is 0 Å². The number of phenolic OH excluding ortho intramolecular Hbond substituents is 1. The van der Waals surface area contributed by atoms with E-state index < -0.39 is 6.04 Å². The Hall–Kier alpha value is -2.57. The number of carbonyl (C=O) groups is 2. The highest BCUT2D eigenvalue weighted by molar-refractivity contribution is 6.36. The highest BCUT2D eigenvalue weighted by Gasteiger charge is 2.43. The van der Waals surface area contributed by atoms with Crippen molar-refractivity contribution in [1.82, 2.24) is 4.90 Å². The van der Waals surface area contributed by atoms with E-state index in [1.54, 1.807) is 36.4 Å². The first-order valence-corrected chi connectivity index (χ1v) is 9.32. The summed E-state index contributed by atoms with van der Waals surface area (Å²) in [4.78, 5) is 30.9. The molecule has 4 rings (SSSR count). The van der Waals surface area contributed by atoms with Gasteiger partial charge < -0.3 is 10.0 Å². The maximum atomic E-state index is 12.9. The van der Waals surface area contributed by atoms with Crippen molar-refractivity contribution >= 4 is 34.8 Å². The van der Waals surface area contributed by atoms with E-state index in [1.807, 2.05) is 12.1 Å². The van der Waals surface area contributed by atoms with Gasteiger partial charge in [0.25, 0.3) is 5.91 Å². The first-order chi connectivity index (χ1) is 13.0. The van der Waals surface area contributed by atoms with Gasteiger partial charge in [0.2, 0.25) is 5.91 Å². The minimum Gasteiger partial charge on any atom is -0.508 e. The number of aromatic hydroxyl groups is 1. The van der Waals surface area contributed by atoms with E-state index in [9.17, 15) is 14.7 Å². The molecule has 0 aromatic heterocycles. The number of hydrogen-bond donors (Lipinski definition) is 1. The van der Waals surface area contributed by atoms with Gasteiger partial charge in [-0.15, -0.1) is 0 Å². The summed E-state index contributed by atoms with van der Waals surface area (Å²) in [5.41, 5.74) is 1.50. The third kappa shape index (κ3) is 3.38. The number of anilines is 2. The number of imide groups is 1. The molecule has 1 atom stereocenters. The molecule has 0 radical (unpaired) electrons. The Morgan fingerprint density at radius 2 is 1.59 bits per heavy atom. The van der Waals surface area contributed by atoms with Crippen LogP contribution in [-0.4, -0.2) is 54.0 Å². The summed E-state index contributed by atoms with van der Waals surface area (Å²) >= 11 is 6.18. The Kier molecular flexibility index (Phi) is 4.76. The molecule has 0 saturated carbocycles. The summed E-state index contributed by atoms with van der Waals surface area (Å²) in [7, 11) is 0. The Bertz CT molecular complexity index is 863. The minimum absolute atomic E-state index is 0.184. The van der Waals surface area contributed by atoms with E-state index in [1.165, 1.54) is 4.90 Å². The van der Waals surface area contributed by atoms with Crippen molar-refractivity contribution in [3.63, 3.8) is 0 Å². The largest absolute Gasteiger partial charge is 0.508 e. The molecule has 2 aliphatic heterocycles. The van der Waals surface area contributed by atoms with Crippen LogP contribution in [0.2, 0.25) is 5.02 Å². The Morgan fingerprint density at radius 3 is 2.26 bits per heavy atom. The molecule has 2 aliphatic rings. The summed E-state index contributed by atoms with van der Waals surface area (Å²) in [6.07, 6.45) is 0.184. The maximum Gasteiger partial charge on any atom is 0.251 e. The van der Waals surface area contributed by atoms with Crippen molar-refractivity contribution in [2.75, 3.05) is 36.0 Å². The number of benzene rings is 2. The van der Waals surface area contributed by atoms with Gasteiger partial charge in [0.05, 0.1) is 23.2 Å². The zero-order chi connectivity index (χ0) is 19.0. The average Bonchev–Trinajstić information content (AvgIpc) is 2.97. The summed E-state index contributed by atoms with van der Waals surface area (Å²) in [6.45, 7) is 2.91. The van der Waals surface area contributed by atoms with Gasteiger partial charge in [0.15, 0.2) is 0 Å². The topological polar surface area (TPSA) is 64.1 Å². The SMILES string of the molecule is O=C1CC(N2CCN(c3ccc(O)cc3)CC2)C(=O)N1c1ccccc1Cl. The lowest BCUT2D eigenvalue weighted by Crippen LogP contribution is -2.52. The molecule has 2 heterocycles. The van der Waals surface area contributed by atoms with Crippen molar-refractivity contribution in [3.05, 3.63) is 53.6 Å². The molecule has 2 fully saturated rings. The predicted molar refractivity (Wildman–Crippen MR) is 104 cm³/mol. The number of hydrogen-bond acceptors (Lipinski definition) is 5. The van der Waals surface area contributed by atoms with Gasteiger partial charge in [0, 0.05) is 31.9 Å². The van der Waals surface area contributed by atoms with Crippen LogP contribution in [0.25, 0.3) is 0 Å². The molecule has 2 amide bonds. The average molecular weight is 386 g/mol. The summed E-state index contributed by atoms with van der Waals surface area (Å²) in [5, 5.41) is 9.82. The number of piperazine rings is 1. The van der Waals surface area contributed by atoms with Gasteiger partial charge in [-0.05, 0) is 36.4 Å². The molecular weight excluding hydrogens is 366 g/mol. The van der Waals surface area contributed by atoms with Crippen molar-refractivity contribution in [2.24, 2.45) is 0 Å². The summed E-state index contributed by atoms with van der Waals surface area (Å²) in [5.74, 6) is -0.169. The van der Waals surface area contributed by atoms with Crippen LogP contribution in [0, 0.1) is 0 Å². The fraction of sp³-hybridized carbons (Fsp3) is 0.300. The predicted octanol–water partition coefficient (Wildman–Crippen LogP) is 2.50. The third-order valence-electron chi connectivity index (χ3n) is 5.19. The fourth-order valence-corrected chi connectivity index (χ4v) is 3.96. The van der Waals surface area contributed by atoms with Crippen LogP contribution in [0.4, 0.5) is 11.4 Å². The zero-order valence-electron chi connectivity index (χ0n) is 14.7. The molecule has 6 nitrogen and oxygen atoms in total. The number of nitrogens with zero attached hydrogens (tertiary/aromatic N) is 3. The minimum atomic E-state index is -0.434. The van der Waals surface area contributed by atoms with Crippen LogP contribution < -0.4 is 9.80 Å². The molecule has 0 spiro atoms. The second-order valence-electron chi connectivity index (χ2n) is 6.78. The van der Waals surface area contributed by atoms with Crippen LogP contribution in [0.3, 0.4) is 0 Å². The molecule has 2 aromatic rings. The molecular formula is C20H20ClN3O3. The number of phenols is 1. The smallest absolute Gasteiger partial charge is 0.251 e. The molecule has 2 saturated heterocycles. The van der Waals surface area contributed by atoms with Crippen molar-refractivity contribution < 1.29 is 14.7 Å². The molecule has 0 bridgehead atoms. The van der Waals surface area contributed by atoms with Crippen molar-refractivity contribution in [2.45, 2.75) is 12.5 Å². The van der Waals surface area contributed by atoms with E-state index in [4.69, 9.17) is 11.6 Å². The Morgan fingerprint density at radius 1 is 0.926 bits per heavy atom. The molecule has 7 heteroatoms. The van der Waals surface area contributed by atoms with Crippen molar-refractivity contribution in [1.29, 1.82) is 0 Å². The van der Waals surface area contributed by atoms with E-state index in [0.29, 0.717) is 23.8 Å². The van der Waals surface area contributed by atoms with Crippen molar-refractivity contribution in [3.8, 4) is 5.75 Å². The van der Waals surface area contributed by atoms with E-state index in [0.717, 1.165) is 18.8 Å². The number of amides is 2. The second-order valence-corrected chi connectivity index (χ2v) is 7.19. The fourth-order valence-electron chi connectivity index (χ4n) is 3.74. The van der Waals surface area contributed by atoms with Gasteiger partial charge in [-0.25, -0.2) is 4.90 Å². The number of rotatable bonds is 3. The third-order valence-corrected chi connectivity index (χ3v) is 5.51. The molecule has 27 heavy (non-hydrogen) atoms. The van der Waals surface area contributed by atoms with Crippen LogP contribution in [-0.2, 0) is 9.59 Å². The highest BCUT2D eigenvalue weighted by Crippen LogP contribution is 2.32. The first kappa shape index (κ1) is 17.8. The standard InChI is InChI=1S/C20H20ClN3O3/c21-16-3-1-2-4-17(16)24-19(26)13-18(20(24)27)23-11-9-22(10-12-23)14-5-7-15(25)8-6-14/h1-8,18,25H,9-13H2. The number of para-hydroxylation sites is 1. The number of carbonyl (C=O) groups excluding carboxylic acids is 2. The molecule has 140 valence electrons. The van der Waals surface area contributed by atoms with Gasteiger partial charge in [-0.3, -0.25) is 14.5 Å². The zero-order valence-corrected chi connectivity index (χ0v) is 15.5. The van der Waals surface area contributed by atoms with E-state index in [-0.39, 0.29) is 24.0 Å². The molecule has 1 unspecified atom stereocenters. The van der Waals surface area contributed by atoms with Crippen LogP contribution in [0.1, 0.15) is 6.42 Å². The molecule has 2 aromatic carbocycles. The second kappa shape index (κ2) is 7.21. The van der Waals surface area contributed by atoms with E-state index in [2.05, 4.69) is 9.80 Å². The summed E-state index contributed by atoms with van der Waals surface area (Å²) in [6, 6.07) is 13.6. The Balaban J connectivity index is 1.45. The monoisotopic (exact) mass is 385 g/mol. The normalized spacial score (nSPS) is 21.1. The lowest BCUT2D eigenvalue weighted by molar-refractivity contribution is -0.123. The summed E-state index contributed by atoms with van der Waals surface area (Å²) < 4.78 is 0. The maximum absolute atomic E-state index is 12.9. The quantitative estimate of drug-likeness (QED) is 0.822. The van der Waals surface area contributed by atoms with Crippen LogP contribution in [0.5, 0.6) is 5.75 Å². The lowest BCUT2D eigenvalue weighted by atomic mass is 10.1. The molecule has 1 N–H and O–H groups in total. The first-order valence-electron chi connectivity index (χ1n) is 8.94. The molecule has 0 aliphatic carbocycles. The van der Waals surface area contributed by atoms with Crippen LogP contribution >= 0.6 is 11.6 Å². The van der Waals surface area contributed by atoms with Gasteiger partial charge in [-0.1, -0.05) is 23.7 Å². The number of halogens is 1. The van der Waals surface area contributed by atoms with Gasteiger partial charge >= 0.3 is 0 Å². The van der Waals surface area contributed by atoms with Gasteiger partial charge in [0.1, 0.15) is 5.75 Å². The Labute approximate surface area is 162 Å². The highest BCUT2D eigenvalue weighted by atomic mass is 35.5. The van der Waals surface area contributed by atoms with Crippen LogP contribution in [0.15, 0.2) is 48.5 Å². The van der Waals surface area contributed by atoms with Gasteiger partial charge in [-0.2, -0.15) is 0 Å².